The van der Waals surface area contributed by atoms with Crippen molar-refractivity contribution >= 4 is 5.65 Å². The van der Waals surface area contributed by atoms with Crippen molar-refractivity contribution in [1.82, 2.24) is 19.2 Å². The van der Waals surface area contributed by atoms with Crippen LogP contribution in [0.25, 0.3) is 27.9 Å². The molecule has 0 bridgehead atoms. The number of hydrogen-bond donors (Lipinski definition) is 0. The quantitative estimate of drug-likeness (QED) is 0.332. The summed E-state index contributed by atoms with van der Waals surface area (Å²) in [5.41, 5.74) is 2.89. The maximum absolute atomic E-state index is 13.2. The number of nitriles is 1. The maximum Gasteiger partial charge on any atom is 0.433 e. The Morgan fingerprint density at radius 3 is 2.27 bits per heavy atom. The summed E-state index contributed by atoms with van der Waals surface area (Å²) in [6.07, 6.45) is -1.86. The summed E-state index contributed by atoms with van der Waals surface area (Å²) in [5, 5.41) is 13.7. The van der Waals surface area contributed by atoms with Gasteiger partial charge >= 0.3 is 11.9 Å². The van der Waals surface area contributed by atoms with Gasteiger partial charge in [-0.2, -0.15) is 18.4 Å². The number of ether oxygens (including phenoxy) is 1. The fourth-order valence-corrected chi connectivity index (χ4v) is 4.05. The van der Waals surface area contributed by atoms with Gasteiger partial charge in [0.15, 0.2) is 5.65 Å². The van der Waals surface area contributed by atoms with Crippen LogP contribution in [0.3, 0.4) is 0 Å². The standard InChI is InChI=1S/C27H18F3N5O2/c1-37-21-9-7-20(8-10-21)24-22(19-5-2-17(14-31)3-6-19)12-13-34-25(24)33-35(26(34)36)16-18-4-11-23(32-15-18)27(28,29)30/h2-13,15H,16H2,1H3. The Labute approximate surface area is 208 Å². The minimum atomic E-state index is -4.55. The Bertz CT molecular complexity index is 1680. The predicted molar refractivity (Wildman–Crippen MR) is 130 cm³/mol. The maximum atomic E-state index is 13.2. The van der Waals surface area contributed by atoms with Crippen LogP contribution in [0.15, 0.2) is 83.9 Å². The molecule has 0 saturated heterocycles. The van der Waals surface area contributed by atoms with E-state index >= 15 is 0 Å². The molecule has 3 aromatic heterocycles. The first-order valence-corrected chi connectivity index (χ1v) is 11.1. The van der Waals surface area contributed by atoms with Crippen molar-refractivity contribution in [1.29, 1.82) is 5.26 Å². The van der Waals surface area contributed by atoms with Crippen LogP contribution in [0, 0.1) is 11.3 Å². The lowest BCUT2D eigenvalue weighted by atomic mass is 9.95. The number of pyridine rings is 2. The number of benzene rings is 2. The van der Waals surface area contributed by atoms with Gasteiger partial charge in [-0.1, -0.05) is 30.3 Å². The number of halogens is 3. The van der Waals surface area contributed by atoms with E-state index < -0.39 is 17.6 Å². The molecule has 0 fully saturated rings. The minimum absolute atomic E-state index is 0.0557. The van der Waals surface area contributed by atoms with Crippen LogP contribution >= 0.6 is 0 Å². The summed E-state index contributed by atoms with van der Waals surface area (Å²) in [6, 6.07) is 20.4. The first-order chi connectivity index (χ1) is 17.8. The third-order valence-corrected chi connectivity index (χ3v) is 5.90. The molecule has 0 unspecified atom stereocenters. The Morgan fingerprint density at radius 1 is 0.973 bits per heavy atom. The Morgan fingerprint density at radius 2 is 1.68 bits per heavy atom. The normalized spacial score (nSPS) is 11.4. The lowest BCUT2D eigenvalue weighted by molar-refractivity contribution is -0.141. The van der Waals surface area contributed by atoms with Crippen LogP contribution in [0.5, 0.6) is 5.75 Å². The highest BCUT2D eigenvalue weighted by molar-refractivity contribution is 5.91. The third-order valence-electron chi connectivity index (χ3n) is 5.90. The second-order valence-corrected chi connectivity index (χ2v) is 8.21. The molecule has 0 spiro atoms. The summed E-state index contributed by atoms with van der Waals surface area (Å²) in [4.78, 5) is 16.7. The van der Waals surface area contributed by atoms with E-state index in [0.29, 0.717) is 28.1 Å². The SMILES string of the molecule is COc1ccc(-c2c(-c3ccc(C#N)cc3)ccn3c(=O)n(Cc4ccc(C(F)(F)F)nc4)nc23)cc1. The van der Waals surface area contributed by atoms with Crippen molar-refractivity contribution in [2.24, 2.45) is 0 Å². The van der Waals surface area contributed by atoms with E-state index in [-0.39, 0.29) is 6.54 Å². The number of rotatable bonds is 5. The molecule has 0 amide bonds. The van der Waals surface area contributed by atoms with Gasteiger partial charge in [0.1, 0.15) is 11.4 Å². The van der Waals surface area contributed by atoms with Crippen LogP contribution in [0.1, 0.15) is 16.8 Å². The zero-order valence-electron chi connectivity index (χ0n) is 19.4. The number of alkyl halides is 3. The molecule has 5 rings (SSSR count). The van der Waals surface area contributed by atoms with Crippen molar-refractivity contribution in [3.8, 4) is 34.1 Å². The average Bonchev–Trinajstić information content (AvgIpc) is 3.23. The van der Waals surface area contributed by atoms with E-state index in [9.17, 15) is 18.0 Å². The molecule has 0 aliphatic rings. The molecule has 0 aliphatic carbocycles. The van der Waals surface area contributed by atoms with Crippen molar-refractivity contribution in [3.05, 3.63) is 106 Å². The topological polar surface area (TPSA) is 85.2 Å². The first kappa shape index (κ1) is 23.8. The lowest BCUT2D eigenvalue weighted by Gasteiger charge is -2.12. The van der Waals surface area contributed by atoms with Crippen molar-refractivity contribution < 1.29 is 17.9 Å². The monoisotopic (exact) mass is 501 g/mol. The number of hydrogen-bond acceptors (Lipinski definition) is 5. The van der Waals surface area contributed by atoms with Gasteiger partial charge in [-0.25, -0.2) is 13.9 Å². The van der Waals surface area contributed by atoms with E-state index in [1.54, 1.807) is 43.6 Å². The zero-order chi connectivity index (χ0) is 26.2. The van der Waals surface area contributed by atoms with Gasteiger partial charge in [-0.3, -0.25) is 4.98 Å². The van der Waals surface area contributed by atoms with Crippen LogP contribution in [0.2, 0.25) is 0 Å². The van der Waals surface area contributed by atoms with Gasteiger partial charge in [0.25, 0.3) is 0 Å². The molecule has 0 radical (unpaired) electrons. The molecule has 5 aromatic rings. The van der Waals surface area contributed by atoms with Gasteiger partial charge in [0, 0.05) is 18.0 Å². The highest BCUT2D eigenvalue weighted by atomic mass is 19.4. The number of aromatic nitrogens is 4. The zero-order valence-corrected chi connectivity index (χ0v) is 19.4. The Kier molecular flexibility index (Phi) is 5.97. The van der Waals surface area contributed by atoms with Crippen LogP contribution in [0.4, 0.5) is 13.2 Å². The number of nitrogens with zero attached hydrogens (tertiary/aromatic N) is 5. The highest BCUT2D eigenvalue weighted by Crippen LogP contribution is 2.35. The summed E-state index contributed by atoms with van der Waals surface area (Å²) < 4.78 is 46.5. The molecule has 0 aliphatic heterocycles. The fraction of sp³-hybridized carbons (Fsp3) is 0.111. The molecule has 0 saturated carbocycles. The van der Waals surface area contributed by atoms with E-state index in [2.05, 4.69) is 16.2 Å². The molecule has 10 heteroatoms. The third kappa shape index (κ3) is 4.54. The summed E-state index contributed by atoms with van der Waals surface area (Å²) in [7, 11) is 1.56. The molecule has 0 atom stereocenters. The molecular weight excluding hydrogens is 483 g/mol. The molecule has 7 nitrogen and oxygen atoms in total. The molecular formula is C27H18F3N5O2. The van der Waals surface area contributed by atoms with Crippen LogP contribution in [-0.2, 0) is 12.7 Å². The Balaban J connectivity index is 1.65. The van der Waals surface area contributed by atoms with Crippen molar-refractivity contribution in [3.63, 3.8) is 0 Å². The van der Waals surface area contributed by atoms with E-state index in [1.165, 1.54) is 15.1 Å². The molecule has 3 heterocycles. The second-order valence-electron chi connectivity index (χ2n) is 8.21. The molecule has 184 valence electrons. The number of methoxy groups -OCH3 is 1. The number of fused-ring (bicyclic) bond motifs is 1. The summed E-state index contributed by atoms with van der Waals surface area (Å²) >= 11 is 0. The van der Waals surface area contributed by atoms with Gasteiger partial charge in [-0.15, -0.1) is 5.10 Å². The van der Waals surface area contributed by atoms with E-state index in [0.717, 1.165) is 29.0 Å². The second kappa shape index (κ2) is 9.28. The van der Waals surface area contributed by atoms with E-state index in [1.807, 2.05) is 24.3 Å². The molecule has 0 N–H and O–H groups in total. The van der Waals surface area contributed by atoms with Crippen LogP contribution in [-0.4, -0.2) is 26.3 Å². The lowest BCUT2D eigenvalue weighted by Crippen LogP contribution is -2.21. The molecule has 37 heavy (non-hydrogen) atoms. The minimum Gasteiger partial charge on any atom is -0.497 e. The first-order valence-electron chi connectivity index (χ1n) is 11.1. The van der Waals surface area contributed by atoms with Crippen LogP contribution < -0.4 is 10.4 Å². The van der Waals surface area contributed by atoms with Crippen molar-refractivity contribution in [2.75, 3.05) is 7.11 Å². The van der Waals surface area contributed by atoms with Gasteiger partial charge in [0.05, 0.1) is 25.3 Å². The largest absolute Gasteiger partial charge is 0.497 e. The fourth-order valence-electron chi connectivity index (χ4n) is 4.05. The smallest absolute Gasteiger partial charge is 0.433 e. The van der Waals surface area contributed by atoms with E-state index in [4.69, 9.17) is 10.00 Å². The van der Waals surface area contributed by atoms with Gasteiger partial charge in [0.2, 0.25) is 0 Å². The summed E-state index contributed by atoms with van der Waals surface area (Å²) in [6.45, 7) is -0.0557. The average molecular weight is 501 g/mol. The molecule has 2 aromatic carbocycles. The van der Waals surface area contributed by atoms with Gasteiger partial charge < -0.3 is 4.74 Å². The predicted octanol–water partition coefficient (Wildman–Crippen LogP) is 5.17. The summed E-state index contributed by atoms with van der Waals surface area (Å²) in [5.74, 6) is 0.661. The van der Waals surface area contributed by atoms with Crippen molar-refractivity contribution in [2.45, 2.75) is 12.7 Å². The Hall–Kier alpha value is -4.91. The van der Waals surface area contributed by atoms with Gasteiger partial charge in [-0.05, 0) is 58.7 Å². The highest BCUT2D eigenvalue weighted by Gasteiger charge is 2.32.